The van der Waals surface area contributed by atoms with E-state index in [1.54, 1.807) is 0 Å². The lowest BCUT2D eigenvalue weighted by Crippen LogP contribution is -2.25. The topological polar surface area (TPSA) is 46.2 Å². The zero-order chi connectivity index (χ0) is 10.7. The van der Waals surface area contributed by atoms with Gasteiger partial charge >= 0.3 is 0 Å². The highest BCUT2D eigenvalue weighted by molar-refractivity contribution is 5.49. The van der Waals surface area contributed by atoms with Gasteiger partial charge < -0.3 is 10.8 Å². The van der Waals surface area contributed by atoms with Gasteiger partial charge in [0.05, 0.1) is 5.60 Å². The number of rotatable bonds is 1. The van der Waals surface area contributed by atoms with E-state index < -0.39 is 5.60 Å². The molecule has 0 atom stereocenters. The average molecular weight is 205 g/mol. The van der Waals surface area contributed by atoms with Crippen LogP contribution in [0.2, 0.25) is 0 Å². The number of aliphatic hydroxyl groups is 1. The van der Waals surface area contributed by atoms with Crippen LogP contribution in [0.15, 0.2) is 24.3 Å². The third kappa shape index (κ3) is 2.15. The Morgan fingerprint density at radius 1 is 1.00 bits per heavy atom. The number of para-hydroxylation sites is 1. The molecular formula is C13H19NO. The molecule has 0 saturated heterocycles. The smallest absolute Gasteiger partial charge is 0.0916 e. The zero-order valence-corrected chi connectivity index (χ0v) is 9.08. The van der Waals surface area contributed by atoms with E-state index >= 15 is 0 Å². The second-order valence-electron chi connectivity index (χ2n) is 4.53. The molecule has 1 aliphatic rings. The minimum atomic E-state index is -0.679. The van der Waals surface area contributed by atoms with E-state index in [4.69, 9.17) is 5.73 Å². The van der Waals surface area contributed by atoms with E-state index in [0.29, 0.717) is 0 Å². The first-order chi connectivity index (χ1) is 7.22. The van der Waals surface area contributed by atoms with Gasteiger partial charge in [0.1, 0.15) is 0 Å². The molecule has 0 aliphatic heterocycles. The Morgan fingerprint density at radius 3 is 2.20 bits per heavy atom. The van der Waals surface area contributed by atoms with Crippen molar-refractivity contribution in [2.45, 2.75) is 44.1 Å². The summed E-state index contributed by atoms with van der Waals surface area (Å²) in [6.45, 7) is 0. The fourth-order valence-electron chi connectivity index (χ4n) is 2.50. The van der Waals surface area contributed by atoms with E-state index in [0.717, 1.165) is 36.9 Å². The van der Waals surface area contributed by atoms with E-state index in [2.05, 4.69) is 0 Å². The summed E-state index contributed by atoms with van der Waals surface area (Å²) in [6.07, 6.45) is 6.36. The molecule has 0 bridgehead atoms. The lowest BCUT2D eigenvalue weighted by Gasteiger charge is -2.28. The van der Waals surface area contributed by atoms with Crippen LogP contribution in [0.3, 0.4) is 0 Å². The highest BCUT2D eigenvalue weighted by atomic mass is 16.3. The quantitative estimate of drug-likeness (QED) is 0.547. The van der Waals surface area contributed by atoms with Crippen molar-refractivity contribution in [3.8, 4) is 0 Å². The maximum absolute atomic E-state index is 10.6. The number of hydrogen-bond donors (Lipinski definition) is 2. The Bertz CT molecular complexity index is 327. The predicted molar refractivity (Wildman–Crippen MR) is 62.5 cm³/mol. The van der Waals surface area contributed by atoms with Crippen molar-refractivity contribution in [3.63, 3.8) is 0 Å². The lowest BCUT2D eigenvalue weighted by atomic mass is 9.85. The fourth-order valence-corrected chi connectivity index (χ4v) is 2.50. The van der Waals surface area contributed by atoms with Crippen molar-refractivity contribution in [3.05, 3.63) is 29.8 Å². The van der Waals surface area contributed by atoms with Crippen LogP contribution in [-0.4, -0.2) is 5.11 Å². The largest absolute Gasteiger partial charge is 0.398 e. The fraction of sp³-hybridized carbons (Fsp3) is 0.538. The lowest BCUT2D eigenvalue weighted by molar-refractivity contribution is 0.0215. The standard InChI is InChI=1S/C13H19NO/c14-12-8-4-3-7-11(12)13(15)9-5-1-2-6-10-13/h3-4,7-8,15H,1-2,5-6,9-10,14H2. The molecule has 0 radical (unpaired) electrons. The maximum atomic E-state index is 10.6. The van der Waals surface area contributed by atoms with Crippen molar-refractivity contribution in [1.29, 1.82) is 0 Å². The van der Waals surface area contributed by atoms with E-state index in [1.165, 1.54) is 12.8 Å². The summed E-state index contributed by atoms with van der Waals surface area (Å²) in [5.41, 5.74) is 6.90. The van der Waals surface area contributed by atoms with Crippen LogP contribution in [0.1, 0.15) is 44.1 Å². The summed E-state index contributed by atoms with van der Waals surface area (Å²) in [7, 11) is 0. The van der Waals surface area contributed by atoms with Crippen molar-refractivity contribution in [1.82, 2.24) is 0 Å². The number of nitrogen functional groups attached to an aromatic ring is 1. The number of hydrogen-bond acceptors (Lipinski definition) is 2. The van der Waals surface area contributed by atoms with Crippen LogP contribution in [0, 0.1) is 0 Å². The first-order valence-electron chi connectivity index (χ1n) is 5.80. The van der Waals surface area contributed by atoms with Crippen LogP contribution in [0.25, 0.3) is 0 Å². The van der Waals surface area contributed by atoms with Gasteiger partial charge in [-0.25, -0.2) is 0 Å². The molecule has 82 valence electrons. The highest BCUT2D eigenvalue weighted by Gasteiger charge is 2.31. The maximum Gasteiger partial charge on any atom is 0.0916 e. The molecule has 0 heterocycles. The Balaban J connectivity index is 2.30. The molecular weight excluding hydrogens is 186 g/mol. The molecule has 0 aromatic heterocycles. The number of anilines is 1. The van der Waals surface area contributed by atoms with Crippen LogP contribution in [0.5, 0.6) is 0 Å². The third-order valence-electron chi connectivity index (χ3n) is 3.39. The first-order valence-corrected chi connectivity index (χ1v) is 5.80. The van der Waals surface area contributed by atoms with E-state index in [-0.39, 0.29) is 0 Å². The second kappa shape index (κ2) is 4.23. The molecule has 2 nitrogen and oxygen atoms in total. The molecule has 0 spiro atoms. The van der Waals surface area contributed by atoms with Gasteiger partial charge in [-0.1, -0.05) is 43.9 Å². The predicted octanol–water partition coefficient (Wildman–Crippen LogP) is 2.81. The van der Waals surface area contributed by atoms with Gasteiger partial charge in [0.2, 0.25) is 0 Å². The Kier molecular flexibility index (Phi) is 2.96. The molecule has 1 fully saturated rings. The van der Waals surface area contributed by atoms with Crippen molar-refractivity contribution >= 4 is 5.69 Å². The summed E-state index contributed by atoms with van der Waals surface area (Å²) in [4.78, 5) is 0. The Hall–Kier alpha value is -1.02. The summed E-state index contributed by atoms with van der Waals surface area (Å²) in [6, 6.07) is 7.70. The first kappa shape index (κ1) is 10.5. The molecule has 1 aliphatic carbocycles. The highest BCUT2D eigenvalue weighted by Crippen LogP contribution is 2.38. The number of benzene rings is 1. The van der Waals surface area contributed by atoms with Gasteiger partial charge in [0.25, 0.3) is 0 Å². The van der Waals surface area contributed by atoms with Crippen LogP contribution in [0.4, 0.5) is 5.69 Å². The SMILES string of the molecule is Nc1ccccc1C1(O)CCCCCC1. The third-order valence-corrected chi connectivity index (χ3v) is 3.39. The molecule has 0 amide bonds. The monoisotopic (exact) mass is 205 g/mol. The normalized spacial score (nSPS) is 20.9. The van der Waals surface area contributed by atoms with Crippen molar-refractivity contribution in [2.24, 2.45) is 0 Å². The summed E-state index contributed by atoms with van der Waals surface area (Å²) in [5, 5.41) is 10.6. The van der Waals surface area contributed by atoms with Crippen molar-refractivity contribution < 1.29 is 5.11 Å². The summed E-state index contributed by atoms with van der Waals surface area (Å²) < 4.78 is 0. The van der Waals surface area contributed by atoms with Gasteiger partial charge in [-0.15, -0.1) is 0 Å². The van der Waals surface area contributed by atoms with E-state index in [9.17, 15) is 5.11 Å². The minimum absolute atomic E-state index is 0.679. The Labute approximate surface area is 91.1 Å². The molecule has 1 saturated carbocycles. The van der Waals surface area contributed by atoms with Gasteiger partial charge in [0.15, 0.2) is 0 Å². The van der Waals surface area contributed by atoms with Gasteiger partial charge in [-0.2, -0.15) is 0 Å². The average Bonchev–Trinajstić information content (AvgIpc) is 2.44. The van der Waals surface area contributed by atoms with Gasteiger partial charge in [-0.3, -0.25) is 0 Å². The molecule has 3 N–H and O–H groups in total. The van der Waals surface area contributed by atoms with Crippen LogP contribution >= 0.6 is 0 Å². The summed E-state index contributed by atoms with van der Waals surface area (Å²) in [5.74, 6) is 0. The van der Waals surface area contributed by atoms with Gasteiger partial charge in [0, 0.05) is 11.3 Å². The number of nitrogens with two attached hydrogens (primary N) is 1. The minimum Gasteiger partial charge on any atom is -0.398 e. The zero-order valence-electron chi connectivity index (χ0n) is 9.08. The van der Waals surface area contributed by atoms with Crippen LogP contribution < -0.4 is 5.73 Å². The van der Waals surface area contributed by atoms with Crippen molar-refractivity contribution in [2.75, 3.05) is 5.73 Å². The summed E-state index contributed by atoms with van der Waals surface area (Å²) >= 11 is 0. The Morgan fingerprint density at radius 2 is 1.60 bits per heavy atom. The molecule has 15 heavy (non-hydrogen) atoms. The van der Waals surface area contributed by atoms with E-state index in [1.807, 2.05) is 24.3 Å². The molecule has 0 unspecified atom stereocenters. The molecule has 2 heteroatoms. The van der Waals surface area contributed by atoms with Crippen LogP contribution in [-0.2, 0) is 5.60 Å². The molecule has 1 aromatic rings. The molecule has 1 aromatic carbocycles. The second-order valence-corrected chi connectivity index (χ2v) is 4.53. The molecule has 2 rings (SSSR count). The van der Waals surface area contributed by atoms with Gasteiger partial charge in [-0.05, 0) is 18.9 Å².